The van der Waals surface area contributed by atoms with Crippen molar-refractivity contribution in [1.29, 1.82) is 0 Å². The first-order valence-corrected chi connectivity index (χ1v) is 11.9. The Morgan fingerprint density at radius 3 is 2.72 bits per heavy atom. The maximum atomic E-state index is 12.5. The minimum atomic E-state index is -3.05. The quantitative estimate of drug-likeness (QED) is 0.710. The Hall–Kier alpha value is -0.860. The number of amidine groups is 1. The van der Waals surface area contributed by atoms with E-state index in [9.17, 15) is 13.2 Å². The standard InChI is InChI=1S/C17H21BrN2O3S2/c1-3-11(4-2)16(21)19-17-20(13-7-5-6-12(18)8-13)14-9-25(22,23)10-15(14)24-17/h5-8,11,14-15H,3-4,9-10H2,1-2H3/t14-,15+/m0/s1. The van der Waals surface area contributed by atoms with Crippen LogP contribution in [0.25, 0.3) is 0 Å². The van der Waals surface area contributed by atoms with Crippen LogP contribution in [0.2, 0.25) is 0 Å². The number of hydrogen-bond acceptors (Lipinski definition) is 4. The molecule has 1 amide bonds. The lowest BCUT2D eigenvalue weighted by Crippen LogP contribution is -2.37. The average Bonchev–Trinajstić information content (AvgIpc) is 2.99. The predicted octanol–water partition coefficient (Wildman–Crippen LogP) is 3.49. The number of carbonyl (C=O) groups is 1. The number of sulfone groups is 1. The van der Waals surface area contributed by atoms with Crippen molar-refractivity contribution in [3.8, 4) is 0 Å². The molecule has 0 aliphatic carbocycles. The normalized spacial score (nSPS) is 26.4. The molecule has 136 valence electrons. The lowest BCUT2D eigenvalue weighted by atomic mass is 10.0. The summed E-state index contributed by atoms with van der Waals surface area (Å²) in [7, 11) is -3.05. The van der Waals surface area contributed by atoms with Gasteiger partial charge < -0.3 is 4.90 Å². The monoisotopic (exact) mass is 444 g/mol. The van der Waals surface area contributed by atoms with Crippen LogP contribution in [-0.2, 0) is 14.6 Å². The molecule has 8 heteroatoms. The number of anilines is 1. The Bertz CT molecular complexity index is 806. The van der Waals surface area contributed by atoms with Gasteiger partial charge in [-0.1, -0.05) is 47.6 Å². The first-order valence-electron chi connectivity index (χ1n) is 8.39. The van der Waals surface area contributed by atoms with E-state index in [4.69, 9.17) is 0 Å². The number of aliphatic imine (C=N–C) groups is 1. The van der Waals surface area contributed by atoms with Crippen molar-refractivity contribution in [2.75, 3.05) is 16.4 Å². The molecule has 25 heavy (non-hydrogen) atoms. The van der Waals surface area contributed by atoms with Crippen LogP contribution in [0.15, 0.2) is 33.7 Å². The van der Waals surface area contributed by atoms with E-state index >= 15 is 0 Å². The Labute approximate surface area is 161 Å². The molecule has 1 aromatic rings. The Morgan fingerprint density at radius 1 is 1.36 bits per heavy atom. The molecule has 0 N–H and O–H groups in total. The van der Waals surface area contributed by atoms with Crippen LogP contribution in [0.1, 0.15) is 26.7 Å². The summed E-state index contributed by atoms with van der Waals surface area (Å²) in [6.45, 7) is 3.98. The maximum absolute atomic E-state index is 12.5. The molecule has 0 saturated carbocycles. The van der Waals surface area contributed by atoms with Crippen molar-refractivity contribution in [1.82, 2.24) is 0 Å². The van der Waals surface area contributed by atoms with E-state index in [0.29, 0.717) is 5.17 Å². The van der Waals surface area contributed by atoms with Gasteiger partial charge in [0.25, 0.3) is 5.91 Å². The highest BCUT2D eigenvalue weighted by molar-refractivity contribution is 9.10. The van der Waals surface area contributed by atoms with Crippen LogP contribution in [-0.4, -0.2) is 42.3 Å². The molecule has 1 aromatic carbocycles. The van der Waals surface area contributed by atoms with Crippen molar-refractivity contribution in [2.24, 2.45) is 10.9 Å². The number of benzene rings is 1. The molecule has 3 rings (SSSR count). The van der Waals surface area contributed by atoms with Gasteiger partial charge in [-0.15, -0.1) is 0 Å². The summed E-state index contributed by atoms with van der Waals surface area (Å²) in [6, 6.07) is 7.52. The van der Waals surface area contributed by atoms with E-state index < -0.39 is 9.84 Å². The summed E-state index contributed by atoms with van der Waals surface area (Å²) < 4.78 is 25.0. The van der Waals surface area contributed by atoms with Crippen LogP contribution >= 0.6 is 27.7 Å². The van der Waals surface area contributed by atoms with Gasteiger partial charge in [-0.2, -0.15) is 4.99 Å². The number of fused-ring (bicyclic) bond motifs is 1. The van der Waals surface area contributed by atoms with Gasteiger partial charge in [0.2, 0.25) is 0 Å². The van der Waals surface area contributed by atoms with Crippen molar-refractivity contribution in [3.63, 3.8) is 0 Å². The van der Waals surface area contributed by atoms with E-state index in [1.807, 2.05) is 43.0 Å². The van der Waals surface area contributed by atoms with Crippen molar-refractivity contribution >= 4 is 54.3 Å². The Morgan fingerprint density at radius 2 is 2.08 bits per heavy atom. The van der Waals surface area contributed by atoms with Crippen molar-refractivity contribution in [3.05, 3.63) is 28.7 Å². The van der Waals surface area contributed by atoms with Gasteiger partial charge in [0.15, 0.2) is 15.0 Å². The summed E-state index contributed by atoms with van der Waals surface area (Å²) in [5, 5.41) is 0.553. The minimum absolute atomic E-state index is 0.0720. The van der Waals surface area contributed by atoms with Gasteiger partial charge >= 0.3 is 0 Å². The smallest absolute Gasteiger partial charge is 0.251 e. The summed E-state index contributed by atoms with van der Waals surface area (Å²) in [5.41, 5.74) is 0.863. The zero-order chi connectivity index (χ0) is 18.2. The SMILES string of the molecule is CCC(CC)C(=O)N=C1S[C@@H]2CS(=O)(=O)C[C@@H]2N1c1cccc(Br)c1. The van der Waals surface area contributed by atoms with Gasteiger partial charge in [0.05, 0.1) is 17.5 Å². The van der Waals surface area contributed by atoms with Crippen LogP contribution in [0.3, 0.4) is 0 Å². The van der Waals surface area contributed by atoms with Crippen LogP contribution in [0, 0.1) is 5.92 Å². The molecular formula is C17H21BrN2O3S2. The van der Waals surface area contributed by atoms with E-state index in [0.717, 1.165) is 23.0 Å². The molecule has 0 unspecified atom stereocenters. The summed E-state index contributed by atoms with van der Waals surface area (Å²) in [4.78, 5) is 18.8. The Balaban J connectivity index is 1.99. The number of carbonyl (C=O) groups excluding carboxylic acids is 1. The van der Waals surface area contributed by atoms with Gasteiger partial charge in [-0.25, -0.2) is 8.42 Å². The van der Waals surface area contributed by atoms with E-state index in [1.54, 1.807) is 0 Å². The van der Waals surface area contributed by atoms with E-state index in [-0.39, 0.29) is 34.6 Å². The van der Waals surface area contributed by atoms with Gasteiger partial charge in [-0.3, -0.25) is 4.79 Å². The third-order valence-electron chi connectivity index (χ3n) is 4.69. The second-order valence-electron chi connectivity index (χ2n) is 6.40. The van der Waals surface area contributed by atoms with Crippen molar-refractivity contribution in [2.45, 2.75) is 38.0 Å². The first kappa shape index (κ1) is 18.9. The average molecular weight is 445 g/mol. The highest BCUT2D eigenvalue weighted by atomic mass is 79.9. The fraction of sp³-hybridized carbons (Fsp3) is 0.529. The number of nitrogens with zero attached hydrogens (tertiary/aromatic N) is 2. The van der Waals surface area contributed by atoms with Gasteiger partial charge in [-0.05, 0) is 31.0 Å². The second kappa shape index (κ2) is 7.40. The molecule has 0 aromatic heterocycles. The van der Waals surface area contributed by atoms with Gasteiger partial charge in [0, 0.05) is 21.3 Å². The Kier molecular flexibility index (Phi) is 5.60. The number of rotatable bonds is 4. The summed E-state index contributed by atoms with van der Waals surface area (Å²) >= 11 is 4.88. The third-order valence-corrected chi connectivity index (χ3v) is 8.40. The minimum Gasteiger partial charge on any atom is -0.316 e. The molecule has 2 heterocycles. The molecule has 0 bridgehead atoms. The third kappa shape index (κ3) is 3.95. The highest BCUT2D eigenvalue weighted by Gasteiger charge is 2.49. The number of thioether (sulfide) groups is 1. The van der Waals surface area contributed by atoms with E-state index in [2.05, 4.69) is 20.9 Å². The summed E-state index contributed by atoms with van der Waals surface area (Å²) in [6.07, 6.45) is 1.52. The predicted molar refractivity (Wildman–Crippen MR) is 107 cm³/mol. The maximum Gasteiger partial charge on any atom is 0.251 e. The molecule has 5 nitrogen and oxygen atoms in total. The number of halogens is 1. The van der Waals surface area contributed by atoms with Crippen LogP contribution < -0.4 is 4.90 Å². The van der Waals surface area contributed by atoms with Gasteiger partial charge in [0.1, 0.15) is 0 Å². The molecule has 2 fully saturated rings. The second-order valence-corrected chi connectivity index (χ2v) is 10.7. The molecule has 2 saturated heterocycles. The molecule has 2 aliphatic heterocycles. The lowest BCUT2D eigenvalue weighted by Gasteiger charge is -2.25. The fourth-order valence-electron chi connectivity index (χ4n) is 3.32. The molecule has 2 atom stereocenters. The highest BCUT2D eigenvalue weighted by Crippen LogP contribution is 2.41. The fourth-order valence-corrected chi connectivity index (χ4v) is 7.62. The zero-order valence-corrected chi connectivity index (χ0v) is 17.4. The first-order chi connectivity index (χ1) is 11.8. The van der Waals surface area contributed by atoms with E-state index in [1.165, 1.54) is 11.8 Å². The lowest BCUT2D eigenvalue weighted by molar-refractivity contribution is -0.121. The van der Waals surface area contributed by atoms with Crippen LogP contribution in [0.4, 0.5) is 5.69 Å². The molecule has 0 radical (unpaired) electrons. The van der Waals surface area contributed by atoms with Crippen molar-refractivity contribution < 1.29 is 13.2 Å². The van der Waals surface area contributed by atoms with Crippen LogP contribution in [0.5, 0.6) is 0 Å². The zero-order valence-electron chi connectivity index (χ0n) is 14.2. The molecular weight excluding hydrogens is 424 g/mol. The molecule has 2 aliphatic rings. The topological polar surface area (TPSA) is 66.8 Å². The number of hydrogen-bond donors (Lipinski definition) is 0. The number of amides is 1. The largest absolute Gasteiger partial charge is 0.316 e. The molecule has 0 spiro atoms. The summed E-state index contributed by atoms with van der Waals surface area (Å²) in [5.74, 6) is 0.0531.